The second kappa shape index (κ2) is 9.44. The van der Waals surface area contributed by atoms with Gasteiger partial charge in [0.2, 0.25) is 0 Å². The zero-order valence-electron chi connectivity index (χ0n) is 18.7. The molecule has 6 rings (SSSR count). The van der Waals surface area contributed by atoms with Gasteiger partial charge in [0, 0.05) is 21.9 Å². The Bertz CT molecular complexity index is 1300. The Morgan fingerprint density at radius 1 is 1.15 bits per heavy atom. The molecule has 0 amide bonds. The molecule has 0 spiro atoms. The number of nitrogens with one attached hydrogen (secondary N) is 1. The van der Waals surface area contributed by atoms with Gasteiger partial charge in [0.15, 0.2) is 33.6 Å². The van der Waals surface area contributed by atoms with Crippen molar-refractivity contribution in [1.29, 1.82) is 0 Å². The molecule has 0 radical (unpaired) electrons. The van der Waals surface area contributed by atoms with Crippen LogP contribution in [0.25, 0.3) is 21.6 Å². The van der Waals surface area contributed by atoms with Crippen molar-refractivity contribution >= 4 is 40.1 Å². The molecule has 1 fully saturated rings. The van der Waals surface area contributed by atoms with E-state index in [9.17, 15) is 0 Å². The van der Waals surface area contributed by atoms with Crippen LogP contribution in [0, 0.1) is 5.92 Å². The molecule has 10 heteroatoms. The van der Waals surface area contributed by atoms with Crippen LogP contribution < -0.4 is 20.5 Å². The number of nitrogens with zero attached hydrogens (tertiary/aromatic N) is 4. The number of imidazole rings is 1. The van der Waals surface area contributed by atoms with E-state index in [1.807, 2.05) is 0 Å². The highest BCUT2D eigenvalue weighted by Gasteiger charge is 2.22. The first kappa shape index (κ1) is 21.7. The number of thiophene rings is 1. The summed E-state index contributed by atoms with van der Waals surface area (Å²) in [6.07, 6.45) is 5.02. The van der Waals surface area contributed by atoms with Gasteiger partial charge in [0.1, 0.15) is 19.5 Å². The molecule has 2 aliphatic heterocycles. The summed E-state index contributed by atoms with van der Waals surface area (Å²) in [7, 11) is 0. The number of nitrogen functional groups attached to an aromatic ring is 1. The summed E-state index contributed by atoms with van der Waals surface area (Å²) in [4.78, 5) is 15.9. The molecule has 0 saturated carbocycles. The van der Waals surface area contributed by atoms with E-state index >= 15 is 0 Å². The maximum Gasteiger partial charge on any atom is 0.175 e. The predicted octanol–water partition coefficient (Wildman–Crippen LogP) is 4.45. The lowest BCUT2D eigenvalue weighted by molar-refractivity contribution is 0.171. The van der Waals surface area contributed by atoms with Crippen molar-refractivity contribution in [3.8, 4) is 21.9 Å². The maximum absolute atomic E-state index is 6.19. The SMILES string of the molecule is Nc1ncnc2c1nc(Sc1cc3c(cc1-c1cccs1)OCCO3)n2CCC1CCNCC1. The second-order valence-electron chi connectivity index (χ2n) is 8.53. The Labute approximate surface area is 205 Å². The van der Waals surface area contributed by atoms with E-state index in [0.717, 1.165) is 58.8 Å². The lowest BCUT2D eigenvalue weighted by atomic mass is 9.95. The number of rotatable bonds is 6. The number of hydrogen-bond acceptors (Lipinski definition) is 9. The number of ether oxygens (including phenoxy) is 2. The van der Waals surface area contributed by atoms with Crippen LogP contribution in [0.4, 0.5) is 5.82 Å². The molecule has 2 aliphatic rings. The first-order chi connectivity index (χ1) is 16.8. The third kappa shape index (κ3) is 4.21. The van der Waals surface area contributed by atoms with Gasteiger partial charge in [0.25, 0.3) is 0 Å². The number of nitrogens with two attached hydrogens (primary N) is 1. The Balaban J connectivity index is 1.40. The number of aryl methyl sites for hydroxylation is 1. The number of aromatic nitrogens is 4. The molecular formula is C24H26N6O2S2. The number of anilines is 1. The summed E-state index contributed by atoms with van der Waals surface area (Å²) < 4.78 is 14.0. The van der Waals surface area contributed by atoms with Crippen molar-refractivity contribution in [2.24, 2.45) is 5.92 Å². The zero-order chi connectivity index (χ0) is 22.9. The molecule has 3 N–H and O–H groups in total. The minimum Gasteiger partial charge on any atom is -0.486 e. The minimum absolute atomic E-state index is 0.410. The number of hydrogen-bond donors (Lipinski definition) is 2. The molecule has 3 aromatic heterocycles. The van der Waals surface area contributed by atoms with Crippen molar-refractivity contribution in [2.75, 3.05) is 32.0 Å². The average molecular weight is 495 g/mol. The quantitative estimate of drug-likeness (QED) is 0.406. The third-order valence-electron chi connectivity index (χ3n) is 6.38. The molecule has 4 aromatic rings. The normalized spacial score (nSPS) is 16.2. The third-order valence-corrected chi connectivity index (χ3v) is 8.33. The summed E-state index contributed by atoms with van der Waals surface area (Å²) in [6, 6.07) is 8.35. The van der Waals surface area contributed by atoms with Gasteiger partial charge in [-0.15, -0.1) is 11.3 Å². The number of piperidine rings is 1. The van der Waals surface area contributed by atoms with Crippen LogP contribution in [0.1, 0.15) is 19.3 Å². The van der Waals surface area contributed by atoms with Gasteiger partial charge in [-0.1, -0.05) is 17.8 Å². The highest BCUT2D eigenvalue weighted by atomic mass is 32.2. The molecule has 0 bridgehead atoms. The van der Waals surface area contributed by atoms with Crippen LogP contribution in [0.5, 0.6) is 11.5 Å². The zero-order valence-corrected chi connectivity index (χ0v) is 20.3. The summed E-state index contributed by atoms with van der Waals surface area (Å²) in [6.45, 7) is 4.14. The van der Waals surface area contributed by atoms with E-state index < -0.39 is 0 Å². The second-order valence-corrected chi connectivity index (χ2v) is 10.5. The van der Waals surface area contributed by atoms with Gasteiger partial charge < -0.3 is 25.1 Å². The van der Waals surface area contributed by atoms with Gasteiger partial charge in [0.05, 0.1) is 0 Å². The first-order valence-corrected chi connectivity index (χ1v) is 13.3. The highest BCUT2D eigenvalue weighted by molar-refractivity contribution is 7.99. The summed E-state index contributed by atoms with van der Waals surface area (Å²) >= 11 is 3.33. The van der Waals surface area contributed by atoms with Crippen molar-refractivity contribution < 1.29 is 9.47 Å². The van der Waals surface area contributed by atoms with E-state index in [-0.39, 0.29) is 0 Å². The maximum atomic E-state index is 6.19. The van der Waals surface area contributed by atoms with Crippen LogP contribution in [-0.4, -0.2) is 45.8 Å². The lowest BCUT2D eigenvalue weighted by Gasteiger charge is -2.23. The van der Waals surface area contributed by atoms with Crippen LogP contribution >= 0.6 is 23.1 Å². The van der Waals surface area contributed by atoms with Crippen molar-refractivity contribution in [3.63, 3.8) is 0 Å². The van der Waals surface area contributed by atoms with Crippen molar-refractivity contribution in [2.45, 2.75) is 35.9 Å². The van der Waals surface area contributed by atoms with Gasteiger partial charge in [-0.25, -0.2) is 15.0 Å². The fourth-order valence-electron chi connectivity index (χ4n) is 4.57. The predicted molar refractivity (Wildman–Crippen MR) is 135 cm³/mol. The summed E-state index contributed by atoms with van der Waals surface area (Å²) in [5.41, 5.74) is 8.75. The molecule has 1 saturated heterocycles. The van der Waals surface area contributed by atoms with E-state index in [2.05, 4.69) is 49.5 Å². The lowest BCUT2D eigenvalue weighted by Crippen LogP contribution is -2.28. The Morgan fingerprint density at radius 3 is 2.76 bits per heavy atom. The molecule has 1 aromatic carbocycles. The van der Waals surface area contributed by atoms with Crippen LogP contribution in [0.15, 0.2) is 46.0 Å². The van der Waals surface area contributed by atoms with Gasteiger partial charge >= 0.3 is 0 Å². The Hall–Kier alpha value is -2.82. The molecule has 0 atom stereocenters. The molecule has 176 valence electrons. The standard InChI is InChI=1S/C24H26N6O2S2/c25-22-21-23(28-14-27-22)30(8-5-15-3-6-26-7-4-15)24(29-21)34-20-13-18-17(31-9-10-32-18)12-16(20)19-2-1-11-33-19/h1-2,11-15,26H,3-10H2,(H2,25,27,28). The van der Waals surface area contributed by atoms with E-state index in [4.69, 9.17) is 20.2 Å². The topological polar surface area (TPSA) is 100 Å². The first-order valence-electron chi connectivity index (χ1n) is 11.6. The van der Waals surface area contributed by atoms with E-state index in [1.165, 1.54) is 24.0 Å². The molecule has 34 heavy (non-hydrogen) atoms. The molecule has 8 nitrogen and oxygen atoms in total. The van der Waals surface area contributed by atoms with Crippen molar-refractivity contribution in [1.82, 2.24) is 24.8 Å². The fraction of sp³-hybridized carbons (Fsp3) is 0.375. The monoisotopic (exact) mass is 494 g/mol. The Morgan fingerprint density at radius 2 is 1.97 bits per heavy atom. The average Bonchev–Trinajstić information content (AvgIpc) is 3.52. The smallest absolute Gasteiger partial charge is 0.175 e. The summed E-state index contributed by atoms with van der Waals surface area (Å²) in [5.74, 6) is 2.67. The van der Waals surface area contributed by atoms with Gasteiger partial charge in [-0.2, -0.15) is 0 Å². The van der Waals surface area contributed by atoms with Crippen LogP contribution in [0.2, 0.25) is 0 Å². The molecule has 0 unspecified atom stereocenters. The minimum atomic E-state index is 0.410. The highest BCUT2D eigenvalue weighted by Crippen LogP contribution is 2.45. The molecule has 5 heterocycles. The van der Waals surface area contributed by atoms with Crippen LogP contribution in [-0.2, 0) is 6.54 Å². The van der Waals surface area contributed by atoms with Gasteiger partial charge in [-0.05, 0) is 61.8 Å². The fourth-order valence-corrected chi connectivity index (χ4v) is 6.46. The van der Waals surface area contributed by atoms with Crippen molar-refractivity contribution in [3.05, 3.63) is 36.0 Å². The summed E-state index contributed by atoms with van der Waals surface area (Å²) in [5, 5.41) is 6.41. The van der Waals surface area contributed by atoms with Gasteiger partial charge in [-0.3, -0.25) is 0 Å². The largest absolute Gasteiger partial charge is 0.486 e. The molecule has 0 aliphatic carbocycles. The number of fused-ring (bicyclic) bond motifs is 2. The molecular weight excluding hydrogens is 468 g/mol. The van der Waals surface area contributed by atoms with E-state index in [1.54, 1.807) is 23.1 Å². The Kier molecular flexibility index (Phi) is 6.02. The number of benzene rings is 1. The van der Waals surface area contributed by atoms with Crippen LogP contribution in [0.3, 0.4) is 0 Å². The van der Waals surface area contributed by atoms with E-state index in [0.29, 0.717) is 30.5 Å².